The number of nitrogens with zero attached hydrogens (tertiary/aromatic N) is 1. The Balaban J connectivity index is 1.83. The van der Waals surface area contributed by atoms with Crippen molar-refractivity contribution < 1.29 is 14.3 Å². The molecule has 0 heterocycles. The second kappa shape index (κ2) is 9.82. The van der Waals surface area contributed by atoms with Gasteiger partial charge in [-0.15, -0.1) is 0 Å². The van der Waals surface area contributed by atoms with Gasteiger partial charge in [0.05, 0.1) is 7.11 Å². The summed E-state index contributed by atoms with van der Waals surface area (Å²) in [5.41, 5.74) is 1.85. The van der Waals surface area contributed by atoms with Gasteiger partial charge in [0.15, 0.2) is 0 Å². The van der Waals surface area contributed by atoms with Gasteiger partial charge >= 0.3 is 0 Å². The van der Waals surface area contributed by atoms with E-state index in [1.54, 1.807) is 18.1 Å². The number of rotatable bonds is 8. The van der Waals surface area contributed by atoms with E-state index in [4.69, 9.17) is 16.3 Å². The summed E-state index contributed by atoms with van der Waals surface area (Å²) in [6.07, 6.45) is 0.236. The van der Waals surface area contributed by atoms with Crippen LogP contribution in [-0.2, 0) is 22.7 Å². The molecule has 2 aromatic carbocycles. The van der Waals surface area contributed by atoms with E-state index in [0.717, 1.165) is 16.9 Å². The molecule has 0 unspecified atom stereocenters. The van der Waals surface area contributed by atoms with Crippen LogP contribution in [0.25, 0.3) is 0 Å². The SMILES string of the molecule is COc1ccc(CNC(=O)CCN(Cc2ccccc2Cl)C(C)=O)cc1. The lowest BCUT2D eigenvalue weighted by atomic mass is 10.2. The van der Waals surface area contributed by atoms with E-state index >= 15 is 0 Å². The van der Waals surface area contributed by atoms with Gasteiger partial charge < -0.3 is 15.0 Å². The van der Waals surface area contributed by atoms with Crippen molar-refractivity contribution in [1.82, 2.24) is 10.2 Å². The molecule has 2 aromatic rings. The van der Waals surface area contributed by atoms with Crippen LogP contribution >= 0.6 is 11.6 Å². The number of amides is 2. The van der Waals surface area contributed by atoms with Gasteiger partial charge in [0, 0.05) is 38.0 Å². The standard InChI is InChI=1S/C20H23ClN2O3/c1-15(24)23(14-17-5-3-4-6-19(17)21)12-11-20(25)22-13-16-7-9-18(26-2)10-8-16/h3-10H,11-14H2,1-2H3,(H,22,25). The third-order valence-electron chi connectivity index (χ3n) is 4.02. The summed E-state index contributed by atoms with van der Waals surface area (Å²) in [5.74, 6) is 0.579. The second-order valence-electron chi connectivity index (χ2n) is 5.91. The third kappa shape index (κ3) is 6.08. The molecule has 0 aliphatic heterocycles. The maximum atomic E-state index is 12.1. The molecule has 0 spiro atoms. The molecule has 2 rings (SSSR count). The van der Waals surface area contributed by atoms with Crippen molar-refractivity contribution in [1.29, 1.82) is 0 Å². The van der Waals surface area contributed by atoms with E-state index in [0.29, 0.717) is 24.7 Å². The molecule has 0 aliphatic rings. The van der Waals surface area contributed by atoms with E-state index < -0.39 is 0 Å². The zero-order valence-corrected chi connectivity index (χ0v) is 15.8. The van der Waals surface area contributed by atoms with Gasteiger partial charge in [0.25, 0.3) is 0 Å². The van der Waals surface area contributed by atoms with Crippen LogP contribution in [-0.4, -0.2) is 30.4 Å². The smallest absolute Gasteiger partial charge is 0.222 e. The van der Waals surface area contributed by atoms with Gasteiger partial charge in [-0.1, -0.05) is 41.9 Å². The quantitative estimate of drug-likeness (QED) is 0.770. The van der Waals surface area contributed by atoms with Gasteiger partial charge in [0.1, 0.15) is 5.75 Å². The largest absolute Gasteiger partial charge is 0.497 e. The molecule has 0 radical (unpaired) electrons. The highest BCUT2D eigenvalue weighted by Gasteiger charge is 2.13. The van der Waals surface area contributed by atoms with Crippen molar-refractivity contribution in [3.63, 3.8) is 0 Å². The number of halogens is 1. The van der Waals surface area contributed by atoms with E-state index in [1.807, 2.05) is 42.5 Å². The number of methoxy groups -OCH3 is 1. The molecule has 6 heteroatoms. The van der Waals surface area contributed by atoms with Crippen LogP contribution < -0.4 is 10.1 Å². The lowest BCUT2D eigenvalue weighted by molar-refractivity contribution is -0.130. The molecule has 0 saturated heterocycles. The van der Waals surface area contributed by atoms with Crippen LogP contribution in [0.3, 0.4) is 0 Å². The molecule has 2 amide bonds. The molecular formula is C20H23ClN2O3. The van der Waals surface area contributed by atoms with Crippen LogP contribution in [0.2, 0.25) is 5.02 Å². The zero-order valence-electron chi connectivity index (χ0n) is 15.0. The summed E-state index contributed by atoms with van der Waals surface area (Å²) >= 11 is 6.15. The molecule has 0 fully saturated rings. The maximum absolute atomic E-state index is 12.1. The molecule has 0 atom stereocenters. The molecular weight excluding hydrogens is 352 g/mol. The number of carbonyl (C=O) groups is 2. The van der Waals surface area contributed by atoms with Gasteiger partial charge in [-0.05, 0) is 29.3 Å². The summed E-state index contributed by atoms with van der Waals surface area (Å²) in [6.45, 7) is 2.66. The van der Waals surface area contributed by atoms with Gasteiger partial charge in [-0.2, -0.15) is 0 Å². The molecule has 0 aromatic heterocycles. The highest BCUT2D eigenvalue weighted by atomic mass is 35.5. The molecule has 138 valence electrons. The van der Waals surface area contributed by atoms with Crippen molar-refractivity contribution in [2.75, 3.05) is 13.7 Å². The number of nitrogens with one attached hydrogen (secondary N) is 1. The zero-order chi connectivity index (χ0) is 18.9. The highest BCUT2D eigenvalue weighted by molar-refractivity contribution is 6.31. The Hall–Kier alpha value is -2.53. The lowest BCUT2D eigenvalue weighted by Gasteiger charge is -2.21. The number of hydrogen-bond acceptors (Lipinski definition) is 3. The predicted molar refractivity (Wildman–Crippen MR) is 102 cm³/mol. The van der Waals surface area contributed by atoms with Crippen molar-refractivity contribution in [3.05, 3.63) is 64.7 Å². The first kappa shape index (κ1) is 19.8. The fraction of sp³-hybridized carbons (Fsp3) is 0.300. The number of hydrogen-bond donors (Lipinski definition) is 1. The predicted octanol–water partition coefficient (Wildman–Crippen LogP) is 3.40. The van der Waals surface area contributed by atoms with E-state index in [9.17, 15) is 9.59 Å². The monoisotopic (exact) mass is 374 g/mol. The Morgan fingerprint density at radius 1 is 1.12 bits per heavy atom. The average Bonchev–Trinajstić information content (AvgIpc) is 2.65. The summed E-state index contributed by atoms with van der Waals surface area (Å²) in [6, 6.07) is 14.9. The minimum absolute atomic E-state index is 0.0899. The summed E-state index contributed by atoms with van der Waals surface area (Å²) in [7, 11) is 1.61. The fourth-order valence-corrected chi connectivity index (χ4v) is 2.64. The summed E-state index contributed by atoms with van der Waals surface area (Å²) in [4.78, 5) is 25.6. The molecule has 1 N–H and O–H groups in total. The first-order valence-electron chi connectivity index (χ1n) is 8.38. The minimum Gasteiger partial charge on any atom is -0.497 e. The topological polar surface area (TPSA) is 58.6 Å². The van der Waals surface area contributed by atoms with Crippen molar-refractivity contribution in [3.8, 4) is 5.75 Å². The summed E-state index contributed by atoms with van der Waals surface area (Å²) < 4.78 is 5.11. The van der Waals surface area contributed by atoms with Gasteiger partial charge in [0.2, 0.25) is 11.8 Å². The first-order chi connectivity index (χ1) is 12.5. The Morgan fingerprint density at radius 3 is 2.42 bits per heavy atom. The van der Waals surface area contributed by atoms with Gasteiger partial charge in [-0.3, -0.25) is 9.59 Å². The number of ether oxygens (including phenoxy) is 1. The third-order valence-corrected chi connectivity index (χ3v) is 4.39. The maximum Gasteiger partial charge on any atom is 0.222 e. The van der Waals surface area contributed by atoms with E-state index in [1.165, 1.54) is 6.92 Å². The second-order valence-corrected chi connectivity index (χ2v) is 6.31. The van der Waals surface area contributed by atoms with Crippen LogP contribution in [0, 0.1) is 0 Å². The van der Waals surface area contributed by atoms with E-state index in [2.05, 4.69) is 5.32 Å². The highest BCUT2D eigenvalue weighted by Crippen LogP contribution is 2.17. The molecule has 5 nitrogen and oxygen atoms in total. The molecule has 0 aliphatic carbocycles. The van der Waals surface area contributed by atoms with Crippen molar-refractivity contribution >= 4 is 23.4 Å². The van der Waals surface area contributed by atoms with Crippen LogP contribution in [0.5, 0.6) is 5.75 Å². The Morgan fingerprint density at radius 2 is 1.81 bits per heavy atom. The average molecular weight is 375 g/mol. The molecule has 26 heavy (non-hydrogen) atoms. The fourth-order valence-electron chi connectivity index (χ4n) is 2.45. The summed E-state index contributed by atoms with van der Waals surface area (Å²) in [5, 5.41) is 3.48. The molecule has 0 bridgehead atoms. The Kier molecular flexibility index (Phi) is 7.48. The lowest BCUT2D eigenvalue weighted by Crippen LogP contribution is -2.33. The minimum atomic E-state index is -0.105. The van der Waals surface area contributed by atoms with Gasteiger partial charge in [-0.25, -0.2) is 0 Å². The normalized spacial score (nSPS) is 10.3. The van der Waals surface area contributed by atoms with Crippen molar-refractivity contribution in [2.45, 2.75) is 26.4 Å². The molecule has 0 saturated carbocycles. The number of carbonyl (C=O) groups excluding carboxylic acids is 2. The van der Waals surface area contributed by atoms with Crippen molar-refractivity contribution in [2.24, 2.45) is 0 Å². The Labute approximate surface area is 158 Å². The first-order valence-corrected chi connectivity index (χ1v) is 8.76. The van der Waals surface area contributed by atoms with Crippen LogP contribution in [0.1, 0.15) is 24.5 Å². The van der Waals surface area contributed by atoms with E-state index in [-0.39, 0.29) is 18.2 Å². The Bertz CT molecular complexity index is 747. The number of benzene rings is 2. The van der Waals surface area contributed by atoms with Crippen LogP contribution in [0.4, 0.5) is 0 Å². The van der Waals surface area contributed by atoms with Crippen LogP contribution in [0.15, 0.2) is 48.5 Å².